The zero-order valence-corrected chi connectivity index (χ0v) is 13.7. The Kier molecular flexibility index (Phi) is 4.04. The highest BCUT2D eigenvalue weighted by molar-refractivity contribution is 6.36. The molecule has 0 unspecified atom stereocenters. The van der Waals surface area contributed by atoms with E-state index in [2.05, 4.69) is 15.1 Å². The molecule has 2 aromatic heterocycles. The van der Waals surface area contributed by atoms with Crippen LogP contribution in [0.4, 0.5) is 4.39 Å². The van der Waals surface area contributed by atoms with Gasteiger partial charge in [-0.3, -0.25) is 4.79 Å². The van der Waals surface area contributed by atoms with Gasteiger partial charge < -0.3 is 0 Å². The number of carbonyl (C=O) groups is 1. The standard InChI is InChI=1S/C15H11Cl2FN4O/c1-7(2)13(23)12-11(10-8(16)4-3-5-9(10)18)14(17)21-15-19-6-20-22(12)15/h3-7H,1-2H3. The maximum Gasteiger partial charge on any atom is 0.254 e. The van der Waals surface area contributed by atoms with Crippen molar-refractivity contribution in [2.45, 2.75) is 13.8 Å². The predicted molar refractivity (Wildman–Crippen MR) is 85.4 cm³/mol. The summed E-state index contributed by atoms with van der Waals surface area (Å²) in [5.74, 6) is -1.06. The molecule has 3 rings (SSSR count). The Hall–Kier alpha value is -2.05. The first-order valence-corrected chi connectivity index (χ1v) is 7.55. The largest absolute Gasteiger partial charge is 0.292 e. The zero-order valence-electron chi connectivity index (χ0n) is 12.2. The molecule has 3 aromatic rings. The summed E-state index contributed by atoms with van der Waals surface area (Å²) in [4.78, 5) is 20.7. The molecule has 0 aliphatic heterocycles. The molecule has 23 heavy (non-hydrogen) atoms. The van der Waals surface area contributed by atoms with Crippen molar-refractivity contribution in [2.75, 3.05) is 0 Å². The van der Waals surface area contributed by atoms with Gasteiger partial charge in [-0.15, -0.1) is 0 Å². The molecule has 5 nitrogen and oxygen atoms in total. The van der Waals surface area contributed by atoms with Crippen LogP contribution in [0.2, 0.25) is 10.2 Å². The maximum atomic E-state index is 14.4. The Labute approximate surface area is 141 Å². The van der Waals surface area contributed by atoms with Gasteiger partial charge in [-0.1, -0.05) is 43.1 Å². The third kappa shape index (κ3) is 2.58. The van der Waals surface area contributed by atoms with Crippen molar-refractivity contribution in [1.82, 2.24) is 19.6 Å². The van der Waals surface area contributed by atoms with Crippen molar-refractivity contribution in [1.29, 1.82) is 0 Å². The number of Topliss-reactive ketones (excluding diaryl/α,β-unsaturated/α-hetero) is 1. The molecule has 0 atom stereocenters. The monoisotopic (exact) mass is 352 g/mol. The smallest absolute Gasteiger partial charge is 0.254 e. The van der Waals surface area contributed by atoms with E-state index in [0.29, 0.717) is 0 Å². The van der Waals surface area contributed by atoms with Gasteiger partial charge in [-0.05, 0) is 12.1 Å². The summed E-state index contributed by atoms with van der Waals surface area (Å²) < 4.78 is 15.6. The van der Waals surface area contributed by atoms with Crippen LogP contribution in [0.3, 0.4) is 0 Å². The van der Waals surface area contributed by atoms with Gasteiger partial charge >= 0.3 is 0 Å². The summed E-state index contributed by atoms with van der Waals surface area (Å²) in [6, 6.07) is 4.23. The molecule has 0 amide bonds. The minimum absolute atomic E-state index is 0.0214. The molecular weight excluding hydrogens is 342 g/mol. The number of ketones is 1. The van der Waals surface area contributed by atoms with E-state index in [1.54, 1.807) is 13.8 Å². The Morgan fingerprint density at radius 3 is 2.65 bits per heavy atom. The van der Waals surface area contributed by atoms with Crippen LogP contribution in [0.5, 0.6) is 0 Å². The van der Waals surface area contributed by atoms with Crippen LogP contribution in [-0.2, 0) is 0 Å². The Morgan fingerprint density at radius 2 is 2.00 bits per heavy atom. The fraction of sp³-hybridized carbons (Fsp3) is 0.200. The minimum Gasteiger partial charge on any atom is -0.292 e. The van der Waals surface area contributed by atoms with E-state index in [-0.39, 0.29) is 44.5 Å². The van der Waals surface area contributed by atoms with E-state index >= 15 is 0 Å². The number of carbonyl (C=O) groups excluding carboxylic acids is 1. The maximum absolute atomic E-state index is 14.4. The van der Waals surface area contributed by atoms with Crippen molar-refractivity contribution in [2.24, 2.45) is 5.92 Å². The summed E-state index contributed by atoms with van der Waals surface area (Å²) in [7, 11) is 0. The average molecular weight is 353 g/mol. The van der Waals surface area contributed by atoms with Gasteiger partial charge in [0.1, 0.15) is 23.0 Å². The normalized spacial score (nSPS) is 11.4. The zero-order chi connectivity index (χ0) is 16.7. The van der Waals surface area contributed by atoms with E-state index in [0.717, 1.165) is 0 Å². The molecule has 0 spiro atoms. The highest BCUT2D eigenvalue weighted by atomic mass is 35.5. The lowest BCUT2D eigenvalue weighted by Crippen LogP contribution is -2.16. The third-order valence-electron chi connectivity index (χ3n) is 3.35. The van der Waals surface area contributed by atoms with Crippen LogP contribution in [0.1, 0.15) is 24.3 Å². The quantitative estimate of drug-likeness (QED) is 0.526. The lowest BCUT2D eigenvalue weighted by Gasteiger charge is -2.15. The SMILES string of the molecule is CC(C)C(=O)c1c(-c2c(F)cccc2Cl)c(Cl)nc2ncnn12. The Balaban J connectivity index is 2.47. The number of hydrogen-bond donors (Lipinski definition) is 0. The van der Waals surface area contributed by atoms with Crippen molar-refractivity contribution in [3.05, 3.63) is 46.2 Å². The molecule has 2 heterocycles. The molecule has 1 aromatic carbocycles. The predicted octanol–water partition coefficient (Wildman–Crippen LogP) is 4.08. The molecule has 0 fully saturated rings. The number of rotatable bonds is 3. The summed E-state index contributed by atoms with van der Waals surface area (Å²) in [6.07, 6.45) is 1.25. The minimum atomic E-state index is -0.599. The van der Waals surface area contributed by atoms with Crippen molar-refractivity contribution in [3.8, 4) is 11.1 Å². The number of fused-ring (bicyclic) bond motifs is 1. The van der Waals surface area contributed by atoms with Gasteiger partial charge in [0, 0.05) is 11.5 Å². The molecule has 0 bridgehead atoms. The second-order valence-corrected chi connectivity index (χ2v) is 5.98. The molecule has 0 aliphatic rings. The van der Waals surface area contributed by atoms with Crippen molar-refractivity contribution < 1.29 is 9.18 Å². The van der Waals surface area contributed by atoms with Gasteiger partial charge in [0.2, 0.25) is 0 Å². The molecule has 0 saturated heterocycles. The van der Waals surface area contributed by atoms with Crippen LogP contribution in [0.25, 0.3) is 16.9 Å². The number of aromatic nitrogens is 4. The summed E-state index contributed by atoms with van der Waals surface area (Å²) in [5.41, 5.74) is 0.249. The van der Waals surface area contributed by atoms with E-state index in [4.69, 9.17) is 23.2 Å². The van der Waals surface area contributed by atoms with E-state index < -0.39 is 5.82 Å². The Bertz CT molecular complexity index is 903. The lowest BCUT2D eigenvalue weighted by molar-refractivity contribution is 0.0932. The molecule has 0 aliphatic carbocycles. The van der Waals surface area contributed by atoms with Crippen LogP contribution < -0.4 is 0 Å². The first kappa shape index (κ1) is 15.8. The molecule has 0 radical (unpaired) electrons. The van der Waals surface area contributed by atoms with Gasteiger partial charge in [-0.2, -0.15) is 19.6 Å². The first-order chi connectivity index (χ1) is 10.9. The number of hydrogen-bond acceptors (Lipinski definition) is 4. The van der Waals surface area contributed by atoms with Gasteiger partial charge in [-0.25, -0.2) is 4.39 Å². The molecule has 118 valence electrons. The Morgan fingerprint density at radius 1 is 1.26 bits per heavy atom. The van der Waals surface area contributed by atoms with Crippen LogP contribution in [0.15, 0.2) is 24.5 Å². The fourth-order valence-electron chi connectivity index (χ4n) is 2.28. The third-order valence-corrected chi connectivity index (χ3v) is 3.94. The van der Waals surface area contributed by atoms with E-state index in [1.807, 2.05) is 0 Å². The molecule has 0 N–H and O–H groups in total. The van der Waals surface area contributed by atoms with Crippen LogP contribution in [-0.4, -0.2) is 25.4 Å². The van der Waals surface area contributed by atoms with E-state index in [9.17, 15) is 9.18 Å². The van der Waals surface area contributed by atoms with Crippen LogP contribution >= 0.6 is 23.2 Å². The van der Waals surface area contributed by atoms with E-state index in [1.165, 1.54) is 29.0 Å². The van der Waals surface area contributed by atoms with Gasteiger partial charge in [0.15, 0.2) is 5.78 Å². The topological polar surface area (TPSA) is 60.2 Å². The average Bonchev–Trinajstić information content (AvgIpc) is 2.94. The fourth-order valence-corrected chi connectivity index (χ4v) is 2.79. The number of nitrogens with zero attached hydrogens (tertiary/aromatic N) is 4. The van der Waals surface area contributed by atoms with Crippen molar-refractivity contribution >= 4 is 34.8 Å². The van der Waals surface area contributed by atoms with Gasteiger partial charge in [0.05, 0.1) is 10.6 Å². The molecule has 8 heteroatoms. The van der Waals surface area contributed by atoms with Gasteiger partial charge in [0.25, 0.3) is 5.78 Å². The summed E-state index contributed by atoms with van der Waals surface area (Å²) in [6.45, 7) is 3.46. The number of benzene rings is 1. The van der Waals surface area contributed by atoms with Crippen molar-refractivity contribution in [3.63, 3.8) is 0 Å². The summed E-state index contributed by atoms with van der Waals surface area (Å²) in [5, 5.41) is 4.08. The second-order valence-electron chi connectivity index (χ2n) is 5.21. The van der Waals surface area contributed by atoms with Crippen LogP contribution in [0, 0.1) is 11.7 Å². The second kappa shape index (κ2) is 5.86. The molecular formula is C15H11Cl2FN4O. The first-order valence-electron chi connectivity index (χ1n) is 6.79. The highest BCUT2D eigenvalue weighted by Crippen LogP contribution is 2.37. The number of halogens is 3. The molecule has 0 saturated carbocycles. The highest BCUT2D eigenvalue weighted by Gasteiger charge is 2.27. The lowest BCUT2D eigenvalue weighted by atomic mass is 9.97. The summed E-state index contributed by atoms with van der Waals surface area (Å²) >= 11 is 12.4.